The first-order valence-corrected chi connectivity index (χ1v) is 8.19. The van der Waals surface area contributed by atoms with Crippen LogP contribution in [0.15, 0.2) is 24.3 Å². The molecule has 21 heavy (non-hydrogen) atoms. The minimum atomic E-state index is 0.113. The van der Waals surface area contributed by atoms with Gasteiger partial charge in [0.15, 0.2) is 0 Å². The Labute approximate surface area is 125 Å². The van der Waals surface area contributed by atoms with Gasteiger partial charge >= 0.3 is 0 Å². The van der Waals surface area contributed by atoms with E-state index in [2.05, 4.69) is 5.32 Å². The summed E-state index contributed by atoms with van der Waals surface area (Å²) in [7, 11) is 0. The molecule has 4 saturated carbocycles. The van der Waals surface area contributed by atoms with Crippen molar-refractivity contribution in [1.82, 2.24) is 0 Å². The number of aromatic hydroxyl groups is 1. The molecule has 1 aromatic carbocycles. The Bertz CT molecular complexity index is 531. The molecule has 0 unspecified atom stereocenters. The van der Waals surface area contributed by atoms with Gasteiger partial charge in [0.05, 0.1) is 0 Å². The number of hydrogen-bond acceptors (Lipinski definition) is 2. The van der Waals surface area contributed by atoms with Crippen molar-refractivity contribution < 1.29 is 9.90 Å². The molecule has 3 heteroatoms. The third kappa shape index (κ3) is 2.54. The Morgan fingerprint density at radius 3 is 2.33 bits per heavy atom. The molecule has 4 fully saturated rings. The van der Waals surface area contributed by atoms with Gasteiger partial charge in [-0.25, -0.2) is 0 Å². The second kappa shape index (κ2) is 4.75. The summed E-state index contributed by atoms with van der Waals surface area (Å²) >= 11 is 0. The van der Waals surface area contributed by atoms with E-state index in [1.807, 2.05) is 6.07 Å². The van der Waals surface area contributed by atoms with Crippen molar-refractivity contribution >= 4 is 11.6 Å². The zero-order chi connectivity index (χ0) is 14.4. The summed E-state index contributed by atoms with van der Waals surface area (Å²) in [6, 6.07) is 6.82. The summed E-state index contributed by atoms with van der Waals surface area (Å²) in [5.74, 6) is 2.95. The molecular weight excluding hydrogens is 262 g/mol. The van der Waals surface area contributed by atoms with Crippen molar-refractivity contribution in [2.24, 2.45) is 23.2 Å². The van der Waals surface area contributed by atoms with E-state index >= 15 is 0 Å². The van der Waals surface area contributed by atoms with Crippen LogP contribution in [0.3, 0.4) is 0 Å². The normalized spacial score (nSPS) is 36.7. The lowest BCUT2D eigenvalue weighted by Gasteiger charge is -2.56. The molecule has 0 spiro atoms. The molecule has 0 atom stereocenters. The van der Waals surface area contributed by atoms with Gasteiger partial charge in [-0.15, -0.1) is 0 Å². The number of amides is 1. The molecule has 0 saturated heterocycles. The Kier molecular flexibility index (Phi) is 2.98. The number of carbonyl (C=O) groups is 1. The average Bonchev–Trinajstić information content (AvgIpc) is 2.35. The van der Waals surface area contributed by atoms with E-state index in [1.54, 1.807) is 18.2 Å². The highest BCUT2D eigenvalue weighted by molar-refractivity contribution is 5.91. The molecule has 0 radical (unpaired) electrons. The third-order valence-electron chi connectivity index (χ3n) is 5.83. The molecule has 2 N–H and O–H groups in total. The van der Waals surface area contributed by atoms with Crippen LogP contribution >= 0.6 is 0 Å². The van der Waals surface area contributed by atoms with Crippen molar-refractivity contribution in [2.45, 2.75) is 44.9 Å². The van der Waals surface area contributed by atoms with E-state index in [1.165, 1.54) is 38.5 Å². The van der Waals surface area contributed by atoms with Gasteiger partial charge in [-0.2, -0.15) is 0 Å². The van der Waals surface area contributed by atoms with Crippen LogP contribution in [0.5, 0.6) is 5.75 Å². The van der Waals surface area contributed by atoms with Crippen molar-refractivity contribution in [1.29, 1.82) is 0 Å². The predicted molar refractivity (Wildman–Crippen MR) is 82.0 cm³/mol. The van der Waals surface area contributed by atoms with Gasteiger partial charge in [0.2, 0.25) is 5.91 Å². The number of hydrogen-bond donors (Lipinski definition) is 2. The topological polar surface area (TPSA) is 49.3 Å². The quantitative estimate of drug-likeness (QED) is 0.883. The number of phenols is 1. The lowest BCUT2D eigenvalue weighted by molar-refractivity contribution is -0.124. The second-order valence-electron chi connectivity index (χ2n) is 7.69. The van der Waals surface area contributed by atoms with Crippen molar-refractivity contribution in [3.8, 4) is 5.75 Å². The third-order valence-corrected chi connectivity index (χ3v) is 5.83. The van der Waals surface area contributed by atoms with Crippen LogP contribution in [0.1, 0.15) is 44.9 Å². The van der Waals surface area contributed by atoms with Gasteiger partial charge in [0, 0.05) is 18.2 Å². The van der Waals surface area contributed by atoms with Crippen LogP contribution in [-0.4, -0.2) is 11.0 Å². The van der Waals surface area contributed by atoms with E-state index in [9.17, 15) is 9.90 Å². The summed E-state index contributed by atoms with van der Waals surface area (Å²) in [5, 5.41) is 12.4. The lowest BCUT2D eigenvalue weighted by atomic mass is 9.49. The van der Waals surface area contributed by atoms with E-state index in [4.69, 9.17) is 0 Å². The summed E-state index contributed by atoms with van der Waals surface area (Å²) in [5.41, 5.74) is 0.972. The van der Waals surface area contributed by atoms with Gasteiger partial charge in [0.25, 0.3) is 0 Å². The molecule has 0 aromatic heterocycles. The fraction of sp³-hybridized carbons (Fsp3) is 0.611. The summed E-state index contributed by atoms with van der Waals surface area (Å²) in [6.07, 6.45) is 8.66. The first kappa shape index (κ1) is 13.2. The highest BCUT2D eigenvalue weighted by Crippen LogP contribution is 2.61. The summed E-state index contributed by atoms with van der Waals surface area (Å²) in [4.78, 5) is 12.4. The fourth-order valence-corrected chi connectivity index (χ4v) is 5.64. The SMILES string of the molecule is O=C(CC12CC3CC(CC(C3)C1)C2)Nc1cccc(O)c1. The molecule has 112 valence electrons. The average molecular weight is 285 g/mol. The smallest absolute Gasteiger partial charge is 0.224 e. The Morgan fingerprint density at radius 1 is 1.14 bits per heavy atom. The molecular formula is C18H23NO2. The summed E-state index contributed by atoms with van der Waals surface area (Å²) < 4.78 is 0. The number of rotatable bonds is 3. The van der Waals surface area contributed by atoms with Crippen molar-refractivity contribution in [3.05, 3.63) is 24.3 Å². The van der Waals surface area contributed by atoms with Crippen molar-refractivity contribution in [3.63, 3.8) is 0 Å². The highest BCUT2D eigenvalue weighted by atomic mass is 16.3. The molecule has 5 rings (SSSR count). The molecule has 4 aliphatic carbocycles. The second-order valence-corrected chi connectivity index (χ2v) is 7.69. The molecule has 4 bridgehead atoms. The van der Waals surface area contributed by atoms with Gasteiger partial charge in [-0.1, -0.05) is 6.07 Å². The van der Waals surface area contributed by atoms with Crippen LogP contribution in [0.2, 0.25) is 0 Å². The van der Waals surface area contributed by atoms with Gasteiger partial charge in [0.1, 0.15) is 5.75 Å². The number of carbonyl (C=O) groups excluding carboxylic acids is 1. The number of phenolic OH excluding ortho intramolecular Hbond substituents is 1. The van der Waals surface area contributed by atoms with E-state index in [0.717, 1.165) is 17.8 Å². The zero-order valence-electron chi connectivity index (χ0n) is 12.3. The minimum Gasteiger partial charge on any atom is -0.508 e. The van der Waals surface area contributed by atoms with Gasteiger partial charge < -0.3 is 10.4 Å². The molecule has 1 amide bonds. The van der Waals surface area contributed by atoms with Crippen molar-refractivity contribution in [2.75, 3.05) is 5.32 Å². The predicted octanol–water partition coefficient (Wildman–Crippen LogP) is 3.94. The number of nitrogens with one attached hydrogen (secondary N) is 1. The molecule has 4 aliphatic rings. The molecule has 3 nitrogen and oxygen atoms in total. The molecule has 0 heterocycles. The first-order chi connectivity index (χ1) is 10.1. The lowest BCUT2D eigenvalue weighted by Crippen LogP contribution is -2.47. The van der Waals surface area contributed by atoms with Crippen LogP contribution in [0.4, 0.5) is 5.69 Å². The molecule has 1 aromatic rings. The van der Waals surface area contributed by atoms with Crippen LogP contribution in [-0.2, 0) is 4.79 Å². The van der Waals surface area contributed by atoms with E-state index < -0.39 is 0 Å². The Morgan fingerprint density at radius 2 is 1.76 bits per heavy atom. The summed E-state index contributed by atoms with van der Waals surface area (Å²) in [6.45, 7) is 0. The van der Waals surface area contributed by atoms with Gasteiger partial charge in [-0.05, 0) is 73.8 Å². The number of anilines is 1. The first-order valence-electron chi connectivity index (χ1n) is 8.19. The maximum atomic E-state index is 12.4. The maximum absolute atomic E-state index is 12.4. The van der Waals surface area contributed by atoms with Crippen LogP contribution in [0, 0.1) is 23.2 Å². The minimum absolute atomic E-state index is 0.113. The highest BCUT2D eigenvalue weighted by Gasteiger charge is 2.51. The number of benzene rings is 1. The molecule has 0 aliphatic heterocycles. The zero-order valence-corrected chi connectivity index (χ0v) is 12.3. The Balaban J connectivity index is 1.45. The standard InChI is InChI=1S/C18H23NO2/c20-16-3-1-2-15(7-16)19-17(21)11-18-8-12-4-13(9-18)6-14(5-12)10-18/h1-3,7,12-14,20H,4-6,8-11H2,(H,19,21). The van der Waals surface area contributed by atoms with Crippen LogP contribution in [0.25, 0.3) is 0 Å². The fourth-order valence-electron chi connectivity index (χ4n) is 5.64. The van der Waals surface area contributed by atoms with Gasteiger partial charge in [-0.3, -0.25) is 4.79 Å². The monoisotopic (exact) mass is 285 g/mol. The van der Waals surface area contributed by atoms with Crippen LogP contribution < -0.4 is 5.32 Å². The van der Waals surface area contributed by atoms with E-state index in [0.29, 0.717) is 12.1 Å². The largest absolute Gasteiger partial charge is 0.508 e. The Hall–Kier alpha value is -1.51. The maximum Gasteiger partial charge on any atom is 0.224 e. The van der Waals surface area contributed by atoms with E-state index in [-0.39, 0.29) is 17.1 Å².